The molecule has 0 aliphatic carbocycles. The highest BCUT2D eigenvalue weighted by Gasteiger charge is 2.12. The lowest BCUT2D eigenvalue weighted by Gasteiger charge is -2.13. The van der Waals surface area contributed by atoms with Crippen molar-refractivity contribution in [3.8, 4) is 28.6 Å². The first kappa shape index (κ1) is 18.9. The van der Waals surface area contributed by atoms with Gasteiger partial charge >= 0.3 is 0 Å². The maximum absolute atomic E-state index is 6.06. The van der Waals surface area contributed by atoms with Gasteiger partial charge in [-0.15, -0.1) is 0 Å². The molecule has 3 aromatic carbocycles. The van der Waals surface area contributed by atoms with E-state index >= 15 is 0 Å². The van der Waals surface area contributed by atoms with Crippen LogP contribution in [0, 0.1) is 13.8 Å². The number of aromatic amines is 1. The van der Waals surface area contributed by atoms with Gasteiger partial charge in [-0.2, -0.15) is 0 Å². The molecular formula is C24H24N2O3. The Labute approximate surface area is 170 Å². The number of benzene rings is 3. The quantitative estimate of drug-likeness (QED) is 0.478. The van der Waals surface area contributed by atoms with Crippen molar-refractivity contribution in [2.45, 2.75) is 20.5 Å². The van der Waals surface area contributed by atoms with E-state index in [1.54, 1.807) is 14.2 Å². The number of rotatable bonds is 6. The van der Waals surface area contributed by atoms with Crippen LogP contribution in [0.4, 0.5) is 0 Å². The number of hydrogen-bond acceptors (Lipinski definition) is 4. The zero-order valence-electron chi connectivity index (χ0n) is 17.1. The minimum Gasteiger partial charge on any atom is -0.497 e. The molecule has 1 N–H and O–H groups in total. The molecule has 0 unspecified atom stereocenters. The number of ether oxygens (including phenoxy) is 3. The molecule has 1 aromatic heterocycles. The van der Waals surface area contributed by atoms with Crippen molar-refractivity contribution >= 4 is 11.0 Å². The van der Waals surface area contributed by atoms with Gasteiger partial charge in [0.25, 0.3) is 0 Å². The molecule has 4 aromatic rings. The topological polar surface area (TPSA) is 56.4 Å². The fourth-order valence-corrected chi connectivity index (χ4v) is 3.30. The molecule has 0 radical (unpaired) electrons. The summed E-state index contributed by atoms with van der Waals surface area (Å²) in [7, 11) is 3.30. The minimum absolute atomic E-state index is 0.494. The molecule has 0 fully saturated rings. The maximum atomic E-state index is 6.06. The summed E-state index contributed by atoms with van der Waals surface area (Å²) in [6.45, 7) is 4.67. The molecule has 0 bridgehead atoms. The largest absolute Gasteiger partial charge is 0.497 e. The van der Waals surface area contributed by atoms with Crippen LogP contribution in [0.3, 0.4) is 0 Å². The van der Waals surface area contributed by atoms with Crippen LogP contribution in [0.5, 0.6) is 17.2 Å². The summed E-state index contributed by atoms with van der Waals surface area (Å²) >= 11 is 0. The summed E-state index contributed by atoms with van der Waals surface area (Å²) in [5, 5.41) is 0. The third kappa shape index (κ3) is 3.90. The molecule has 1 heterocycles. The van der Waals surface area contributed by atoms with Crippen LogP contribution >= 0.6 is 0 Å². The number of nitrogens with one attached hydrogen (secondary N) is 1. The first-order valence-electron chi connectivity index (χ1n) is 9.48. The first-order chi connectivity index (χ1) is 14.1. The molecule has 5 nitrogen and oxygen atoms in total. The summed E-state index contributed by atoms with van der Waals surface area (Å²) in [5.74, 6) is 2.94. The zero-order chi connectivity index (χ0) is 20.4. The van der Waals surface area contributed by atoms with Gasteiger partial charge in [-0.25, -0.2) is 4.98 Å². The van der Waals surface area contributed by atoms with Crippen molar-refractivity contribution in [2.24, 2.45) is 0 Å². The molecular weight excluding hydrogens is 364 g/mol. The predicted molar refractivity (Wildman–Crippen MR) is 115 cm³/mol. The SMILES string of the molecule is COc1ccc2nc(-c3ccc(OCc4cc(C)ccc4C)c(OC)c3)[nH]c2c1. The van der Waals surface area contributed by atoms with Crippen LogP contribution in [0.25, 0.3) is 22.4 Å². The molecule has 0 atom stereocenters. The Morgan fingerprint density at radius 1 is 0.862 bits per heavy atom. The predicted octanol–water partition coefficient (Wildman–Crippen LogP) is 5.44. The molecule has 0 saturated heterocycles. The smallest absolute Gasteiger partial charge is 0.161 e. The number of aromatic nitrogens is 2. The van der Waals surface area contributed by atoms with Gasteiger partial charge in [0.2, 0.25) is 0 Å². The van der Waals surface area contributed by atoms with Crippen LogP contribution in [0.2, 0.25) is 0 Å². The van der Waals surface area contributed by atoms with E-state index in [9.17, 15) is 0 Å². The van der Waals surface area contributed by atoms with Gasteiger partial charge in [-0.1, -0.05) is 23.8 Å². The van der Waals surface area contributed by atoms with Crippen molar-refractivity contribution in [2.75, 3.05) is 14.2 Å². The second-order valence-corrected chi connectivity index (χ2v) is 7.05. The molecule has 4 rings (SSSR count). The van der Waals surface area contributed by atoms with E-state index in [1.165, 1.54) is 16.7 Å². The molecule has 0 aliphatic rings. The van der Waals surface area contributed by atoms with Crippen LogP contribution in [0.1, 0.15) is 16.7 Å². The number of hydrogen-bond donors (Lipinski definition) is 1. The van der Waals surface area contributed by atoms with Gasteiger partial charge in [-0.05, 0) is 55.3 Å². The lowest BCUT2D eigenvalue weighted by atomic mass is 10.1. The average Bonchev–Trinajstić information content (AvgIpc) is 3.17. The van der Waals surface area contributed by atoms with Crippen molar-refractivity contribution in [1.29, 1.82) is 0 Å². The lowest BCUT2D eigenvalue weighted by Crippen LogP contribution is -2.00. The van der Waals surface area contributed by atoms with Crippen LogP contribution in [-0.2, 0) is 6.61 Å². The third-order valence-corrected chi connectivity index (χ3v) is 5.01. The van der Waals surface area contributed by atoms with Crippen LogP contribution < -0.4 is 14.2 Å². The van der Waals surface area contributed by atoms with Crippen LogP contribution in [0.15, 0.2) is 54.6 Å². The normalized spacial score (nSPS) is 10.9. The molecule has 29 heavy (non-hydrogen) atoms. The molecule has 148 valence electrons. The molecule has 0 spiro atoms. The number of fused-ring (bicyclic) bond motifs is 1. The third-order valence-electron chi connectivity index (χ3n) is 5.01. The Balaban J connectivity index is 1.60. The van der Waals surface area contributed by atoms with Crippen molar-refractivity contribution in [1.82, 2.24) is 9.97 Å². The molecule has 0 saturated carbocycles. The molecule has 0 amide bonds. The van der Waals surface area contributed by atoms with Crippen molar-refractivity contribution < 1.29 is 14.2 Å². The van der Waals surface area contributed by atoms with E-state index in [-0.39, 0.29) is 0 Å². The highest BCUT2D eigenvalue weighted by Crippen LogP contribution is 2.33. The van der Waals surface area contributed by atoms with Gasteiger partial charge < -0.3 is 19.2 Å². The summed E-state index contributed by atoms with van der Waals surface area (Å²) in [4.78, 5) is 8.01. The number of imidazole rings is 1. The first-order valence-corrected chi connectivity index (χ1v) is 9.48. The summed E-state index contributed by atoms with van der Waals surface area (Å²) in [6, 6.07) is 18.0. The lowest BCUT2D eigenvalue weighted by molar-refractivity contribution is 0.284. The standard InChI is InChI=1S/C24H24N2O3/c1-15-5-6-16(2)18(11-15)14-29-22-10-7-17(12-23(22)28-4)24-25-20-9-8-19(27-3)13-21(20)26-24/h5-13H,14H2,1-4H3,(H,25,26). The Morgan fingerprint density at radius 3 is 2.52 bits per heavy atom. The zero-order valence-corrected chi connectivity index (χ0v) is 17.1. The van der Waals surface area contributed by atoms with E-state index in [1.807, 2.05) is 36.4 Å². The Kier molecular flexibility index (Phi) is 5.12. The fourth-order valence-electron chi connectivity index (χ4n) is 3.30. The Morgan fingerprint density at radius 2 is 1.72 bits per heavy atom. The van der Waals surface area contributed by atoms with E-state index in [4.69, 9.17) is 14.2 Å². The van der Waals surface area contributed by atoms with E-state index in [0.29, 0.717) is 18.1 Å². The average molecular weight is 388 g/mol. The van der Waals surface area contributed by atoms with Gasteiger partial charge in [0.05, 0.1) is 25.3 Å². The number of H-pyrrole nitrogens is 1. The van der Waals surface area contributed by atoms with Gasteiger partial charge in [-0.3, -0.25) is 0 Å². The van der Waals surface area contributed by atoms with Gasteiger partial charge in [0, 0.05) is 11.6 Å². The van der Waals surface area contributed by atoms with Crippen LogP contribution in [-0.4, -0.2) is 24.2 Å². The second kappa shape index (κ2) is 7.87. The van der Waals surface area contributed by atoms with Crippen molar-refractivity contribution in [3.05, 3.63) is 71.3 Å². The molecule has 5 heteroatoms. The number of aryl methyl sites for hydroxylation is 2. The fraction of sp³-hybridized carbons (Fsp3) is 0.208. The van der Waals surface area contributed by atoms with Crippen molar-refractivity contribution in [3.63, 3.8) is 0 Å². The highest BCUT2D eigenvalue weighted by atomic mass is 16.5. The van der Waals surface area contributed by atoms with Gasteiger partial charge in [0.1, 0.15) is 18.2 Å². The Hall–Kier alpha value is -3.47. The van der Waals surface area contributed by atoms with E-state index in [0.717, 1.165) is 28.2 Å². The Bertz CT molecular complexity index is 1160. The summed E-state index contributed by atoms with van der Waals surface area (Å²) in [6.07, 6.45) is 0. The monoisotopic (exact) mass is 388 g/mol. The summed E-state index contributed by atoms with van der Waals surface area (Å²) < 4.78 is 16.9. The van der Waals surface area contributed by atoms with E-state index in [2.05, 4.69) is 42.0 Å². The maximum Gasteiger partial charge on any atom is 0.161 e. The summed E-state index contributed by atoms with van der Waals surface area (Å²) in [5.41, 5.74) is 6.34. The molecule has 0 aliphatic heterocycles. The van der Waals surface area contributed by atoms with Gasteiger partial charge in [0.15, 0.2) is 11.5 Å². The number of methoxy groups -OCH3 is 2. The minimum atomic E-state index is 0.494. The van der Waals surface area contributed by atoms with E-state index < -0.39 is 0 Å². The second-order valence-electron chi connectivity index (χ2n) is 7.05. The number of nitrogens with zero attached hydrogens (tertiary/aromatic N) is 1. The highest BCUT2D eigenvalue weighted by molar-refractivity contribution is 5.81.